The molecule has 3 heterocycles. The maximum atomic E-state index is 13.7. The molecule has 0 saturated heterocycles. The van der Waals surface area contributed by atoms with Crippen LogP contribution in [-0.4, -0.2) is 61.3 Å². The topological polar surface area (TPSA) is 133 Å². The van der Waals surface area contributed by atoms with Gasteiger partial charge in [0, 0.05) is 39.4 Å². The fraction of sp³-hybridized carbons (Fsp3) is 0.304. The van der Waals surface area contributed by atoms with Gasteiger partial charge in [0.1, 0.15) is 30.8 Å². The molecule has 1 aromatic carbocycles. The first-order chi connectivity index (χ1) is 18.5. The number of nitrogens with zero attached hydrogens (tertiary/aromatic N) is 7. The van der Waals surface area contributed by atoms with Crippen molar-refractivity contribution >= 4 is 45.9 Å². The Balaban J connectivity index is 1.43. The standard InChI is InChI=1S/C23H19ClF3IN8O3/c24-13-5-3-12(4-6-13)20-33-35(22(39)34(20)9-17(37)23(26,27)28)10-18-30-11-36(32-18)16-2-1-7-29-19(16)31-21(38)14-8-15(14)25/h1-7,11,14-15,17,37H,8-10H2,(H,29,31,38)/t14-,15-,17+/m1/s1. The molecule has 0 unspecified atom stereocenters. The summed E-state index contributed by atoms with van der Waals surface area (Å²) < 4.78 is 40.5. The molecule has 5 rings (SSSR count). The van der Waals surface area contributed by atoms with Gasteiger partial charge in [-0.1, -0.05) is 11.6 Å². The van der Waals surface area contributed by atoms with Crippen LogP contribution >= 0.6 is 34.2 Å². The molecular weight excluding hydrogens is 656 g/mol. The summed E-state index contributed by atoms with van der Waals surface area (Å²) in [6, 6.07) is 9.47. The van der Waals surface area contributed by atoms with Crippen molar-refractivity contribution in [2.24, 2.45) is 5.92 Å². The lowest BCUT2D eigenvalue weighted by atomic mass is 10.2. The van der Waals surface area contributed by atoms with E-state index in [0.29, 0.717) is 16.3 Å². The molecule has 0 spiro atoms. The van der Waals surface area contributed by atoms with E-state index in [0.717, 1.165) is 31.8 Å². The number of hydrogen-bond acceptors (Lipinski definition) is 7. The van der Waals surface area contributed by atoms with E-state index in [1.165, 1.54) is 17.2 Å². The third kappa shape index (κ3) is 5.99. The Hall–Kier alpha value is -3.31. The van der Waals surface area contributed by atoms with Crippen molar-refractivity contribution in [2.75, 3.05) is 5.32 Å². The average Bonchev–Trinajstić information content (AvgIpc) is 3.32. The van der Waals surface area contributed by atoms with Crippen LogP contribution in [0.2, 0.25) is 5.02 Å². The van der Waals surface area contributed by atoms with Gasteiger partial charge in [-0.25, -0.2) is 28.5 Å². The number of nitrogens with one attached hydrogen (secondary N) is 1. The quantitative estimate of drug-likeness (QED) is 0.206. The third-order valence-corrected chi connectivity index (χ3v) is 6.88. The Labute approximate surface area is 236 Å². The normalized spacial score (nSPS) is 17.7. The highest BCUT2D eigenvalue weighted by Crippen LogP contribution is 2.35. The molecule has 0 bridgehead atoms. The van der Waals surface area contributed by atoms with Gasteiger partial charge in [-0.05, 0) is 42.8 Å². The Bertz CT molecular complexity index is 1570. The third-order valence-electron chi connectivity index (χ3n) is 5.91. The van der Waals surface area contributed by atoms with Gasteiger partial charge in [-0.3, -0.25) is 9.36 Å². The first kappa shape index (κ1) is 27.3. The van der Waals surface area contributed by atoms with Crippen LogP contribution < -0.4 is 11.0 Å². The minimum Gasteiger partial charge on any atom is -0.384 e. The van der Waals surface area contributed by atoms with Crippen LogP contribution in [0.4, 0.5) is 19.0 Å². The highest BCUT2D eigenvalue weighted by molar-refractivity contribution is 14.1. The van der Waals surface area contributed by atoms with E-state index < -0.39 is 40.3 Å². The number of amides is 1. The van der Waals surface area contributed by atoms with E-state index in [2.05, 4.69) is 25.5 Å². The second-order valence-electron chi connectivity index (χ2n) is 8.76. The Morgan fingerprint density at radius 2 is 1.95 bits per heavy atom. The first-order valence-electron chi connectivity index (χ1n) is 11.5. The summed E-state index contributed by atoms with van der Waals surface area (Å²) in [5.41, 5.74) is 0.00275. The van der Waals surface area contributed by atoms with Crippen molar-refractivity contribution in [2.45, 2.75) is 35.7 Å². The number of halogens is 5. The molecule has 3 aromatic heterocycles. The summed E-state index contributed by atoms with van der Waals surface area (Å²) in [6.45, 7) is -0.947. The largest absolute Gasteiger partial charge is 0.384 e. The molecule has 16 heteroatoms. The van der Waals surface area contributed by atoms with Gasteiger partial charge in [0.25, 0.3) is 0 Å². The van der Waals surface area contributed by atoms with Crippen LogP contribution in [0.15, 0.2) is 53.7 Å². The van der Waals surface area contributed by atoms with Crippen LogP contribution in [0.3, 0.4) is 0 Å². The van der Waals surface area contributed by atoms with Crippen LogP contribution in [0.5, 0.6) is 0 Å². The monoisotopic (exact) mass is 674 g/mol. The van der Waals surface area contributed by atoms with Crippen molar-refractivity contribution in [1.29, 1.82) is 0 Å². The number of aliphatic hydroxyl groups is 1. The summed E-state index contributed by atoms with van der Waals surface area (Å²) in [6.07, 6.45) is -0.378. The number of anilines is 1. The zero-order valence-corrected chi connectivity index (χ0v) is 22.7. The second-order valence-corrected chi connectivity index (χ2v) is 10.6. The van der Waals surface area contributed by atoms with E-state index in [1.54, 1.807) is 36.4 Å². The van der Waals surface area contributed by atoms with Crippen LogP contribution in [0, 0.1) is 5.92 Å². The number of hydrogen-bond donors (Lipinski definition) is 2. The molecule has 3 atom stereocenters. The van der Waals surface area contributed by atoms with Crippen molar-refractivity contribution in [3.63, 3.8) is 0 Å². The number of rotatable bonds is 9. The van der Waals surface area contributed by atoms with E-state index in [-0.39, 0.29) is 30.4 Å². The van der Waals surface area contributed by atoms with Crippen molar-refractivity contribution < 1.29 is 23.1 Å². The molecule has 2 N–H and O–H groups in total. The second kappa shape index (κ2) is 10.7. The predicted octanol–water partition coefficient (Wildman–Crippen LogP) is 3.07. The predicted molar refractivity (Wildman–Crippen MR) is 142 cm³/mol. The Morgan fingerprint density at radius 1 is 1.23 bits per heavy atom. The SMILES string of the molecule is O=C(Nc1ncccc1-n1cnc(Cn2nc(-c3ccc(Cl)cc3)n(C[C@H](O)C(F)(F)I)c2=O)n1)[C@@H]1C[C@H]1F. The minimum absolute atomic E-state index is 0.0410. The molecule has 1 fully saturated rings. The summed E-state index contributed by atoms with van der Waals surface area (Å²) in [5.74, 6) is -0.878. The molecular formula is C23H19ClF3IN8O3. The zero-order valence-electron chi connectivity index (χ0n) is 19.8. The highest BCUT2D eigenvalue weighted by Gasteiger charge is 2.44. The van der Waals surface area contributed by atoms with Crippen molar-refractivity contribution in [3.05, 3.63) is 70.3 Å². The maximum absolute atomic E-state index is 13.7. The van der Waals surface area contributed by atoms with Gasteiger partial charge in [0.05, 0.1) is 12.5 Å². The summed E-state index contributed by atoms with van der Waals surface area (Å²) in [4.78, 5) is 33.7. The molecule has 0 radical (unpaired) electrons. The van der Waals surface area contributed by atoms with Crippen LogP contribution in [-0.2, 0) is 17.9 Å². The molecule has 1 aliphatic carbocycles. The lowest BCUT2D eigenvalue weighted by molar-refractivity contribution is -0.117. The van der Waals surface area contributed by atoms with E-state index in [1.807, 2.05) is 0 Å². The van der Waals surface area contributed by atoms with Gasteiger partial charge >= 0.3 is 9.62 Å². The van der Waals surface area contributed by atoms with Gasteiger partial charge in [-0.2, -0.15) is 8.78 Å². The first-order valence-corrected chi connectivity index (χ1v) is 13.0. The molecule has 0 aliphatic heterocycles. The van der Waals surface area contributed by atoms with E-state index in [9.17, 15) is 27.9 Å². The fourth-order valence-electron chi connectivity index (χ4n) is 3.74. The van der Waals surface area contributed by atoms with E-state index >= 15 is 0 Å². The Kier molecular flexibility index (Phi) is 7.47. The number of pyridine rings is 1. The van der Waals surface area contributed by atoms with Gasteiger partial charge in [0.15, 0.2) is 17.5 Å². The average molecular weight is 675 g/mol. The van der Waals surface area contributed by atoms with Gasteiger partial charge in [-0.15, -0.1) is 10.2 Å². The van der Waals surface area contributed by atoms with Crippen molar-refractivity contribution in [1.82, 2.24) is 34.1 Å². The van der Waals surface area contributed by atoms with Gasteiger partial charge in [0.2, 0.25) is 5.91 Å². The fourth-order valence-corrected chi connectivity index (χ4v) is 4.06. The number of alkyl halides is 4. The molecule has 204 valence electrons. The molecule has 4 aromatic rings. The molecule has 11 nitrogen and oxygen atoms in total. The van der Waals surface area contributed by atoms with Crippen LogP contribution in [0.25, 0.3) is 17.1 Å². The number of benzene rings is 1. The number of carbonyl (C=O) groups is 1. The smallest absolute Gasteiger partial charge is 0.346 e. The van der Waals surface area contributed by atoms with Crippen LogP contribution in [0.1, 0.15) is 12.2 Å². The number of aliphatic hydroxyl groups excluding tert-OH is 1. The minimum atomic E-state index is -3.49. The zero-order chi connectivity index (χ0) is 27.9. The highest BCUT2D eigenvalue weighted by atomic mass is 127. The molecule has 1 amide bonds. The summed E-state index contributed by atoms with van der Waals surface area (Å²) in [5, 5.41) is 21.6. The lowest BCUT2D eigenvalue weighted by Gasteiger charge is -2.17. The molecule has 1 aliphatic rings. The van der Waals surface area contributed by atoms with Crippen molar-refractivity contribution in [3.8, 4) is 17.1 Å². The molecule has 39 heavy (non-hydrogen) atoms. The lowest BCUT2D eigenvalue weighted by Crippen LogP contribution is -2.36. The maximum Gasteiger partial charge on any atom is 0.346 e. The molecule has 1 saturated carbocycles. The number of carbonyl (C=O) groups excluding carboxylic acids is 1. The van der Waals surface area contributed by atoms with E-state index in [4.69, 9.17) is 11.6 Å². The number of aromatic nitrogens is 7. The summed E-state index contributed by atoms with van der Waals surface area (Å²) in [7, 11) is 0. The van der Waals surface area contributed by atoms with Gasteiger partial charge < -0.3 is 10.4 Å². The summed E-state index contributed by atoms with van der Waals surface area (Å²) >= 11 is 6.75. The Morgan fingerprint density at radius 3 is 2.62 bits per heavy atom.